The summed E-state index contributed by atoms with van der Waals surface area (Å²) in [6.07, 6.45) is 0.382. The van der Waals surface area contributed by atoms with Crippen LogP contribution in [0, 0.1) is 18.6 Å². The number of hydrogen-bond acceptors (Lipinski definition) is 5. The zero-order valence-corrected chi connectivity index (χ0v) is 11.4. The first kappa shape index (κ1) is 14.3. The second kappa shape index (κ2) is 5.91. The van der Waals surface area contributed by atoms with Gasteiger partial charge in [0.05, 0.1) is 0 Å². The Labute approximate surface area is 119 Å². The summed E-state index contributed by atoms with van der Waals surface area (Å²) in [6.45, 7) is 1.93. The van der Waals surface area contributed by atoms with Crippen molar-refractivity contribution in [2.45, 2.75) is 13.3 Å². The van der Waals surface area contributed by atoms with Crippen LogP contribution in [0.15, 0.2) is 16.7 Å². The van der Waals surface area contributed by atoms with Gasteiger partial charge in [-0.3, -0.25) is 0 Å². The smallest absolute Gasteiger partial charge is 0.223 e. The second-order valence-electron chi connectivity index (χ2n) is 4.09. The summed E-state index contributed by atoms with van der Waals surface area (Å²) >= 11 is 4.68. The predicted octanol–water partition coefficient (Wildman–Crippen LogP) is 1.95. The highest BCUT2D eigenvalue weighted by atomic mass is 32.1. The number of anilines is 1. The van der Waals surface area contributed by atoms with E-state index < -0.39 is 11.6 Å². The molecule has 0 radical (unpaired) electrons. The van der Waals surface area contributed by atoms with Gasteiger partial charge in [-0.2, -0.15) is 4.98 Å². The lowest BCUT2D eigenvalue weighted by molar-refractivity contribution is 0.387. The zero-order chi connectivity index (χ0) is 14.7. The first-order chi connectivity index (χ1) is 9.47. The Morgan fingerprint density at radius 3 is 2.55 bits per heavy atom. The van der Waals surface area contributed by atoms with Crippen LogP contribution in [-0.2, 0) is 6.42 Å². The number of aromatic nitrogens is 2. The van der Waals surface area contributed by atoms with Crippen molar-refractivity contribution in [1.82, 2.24) is 10.1 Å². The molecule has 0 bridgehead atoms. The summed E-state index contributed by atoms with van der Waals surface area (Å²) in [5.74, 6) is -0.595. The number of nitrogens with one attached hydrogen (secondary N) is 1. The quantitative estimate of drug-likeness (QED) is 0.822. The van der Waals surface area contributed by atoms with E-state index in [0.717, 1.165) is 12.1 Å². The van der Waals surface area contributed by atoms with E-state index in [0.29, 0.717) is 18.1 Å². The Kier molecular flexibility index (Phi) is 4.23. The molecule has 5 nitrogen and oxygen atoms in total. The number of halogens is 2. The van der Waals surface area contributed by atoms with Gasteiger partial charge in [0.1, 0.15) is 22.3 Å². The van der Waals surface area contributed by atoms with E-state index in [1.165, 1.54) is 0 Å². The lowest BCUT2D eigenvalue weighted by Gasteiger charge is -2.09. The molecule has 20 heavy (non-hydrogen) atoms. The fourth-order valence-electron chi connectivity index (χ4n) is 1.63. The van der Waals surface area contributed by atoms with Crippen molar-refractivity contribution in [2.75, 3.05) is 11.9 Å². The van der Waals surface area contributed by atoms with E-state index in [2.05, 4.69) is 27.7 Å². The number of aryl methyl sites for hydroxylation is 1. The lowest BCUT2D eigenvalue weighted by atomic mass is 10.2. The van der Waals surface area contributed by atoms with Crippen LogP contribution >= 0.6 is 12.2 Å². The van der Waals surface area contributed by atoms with Crippen molar-refractivity contribution in [3.63, 3.8) is 0 Å². The van der Waals surface area contributed by atoms with E-state index in [9.17, 15) is 8.78 Å². The average Bonchev–Trinajstić information content (AvgIpc) is 2.78. The summed E-state index contributed by atoms with van der Waals surface area (Å²) in [5, 5.41) is 6.33. The van der Waals surface area contributed by atoms with Crippen LogP contribution in [0.25, 0.3) is 0 Å². The van der Waals surface area contributed by atoms with Gasteiger partial charge in [0.15, 0.2) is 5.82 Å². The van der Waals surface area contributed by atoms with Crippen LogP contribution in [0.5, 0.6) is 0 Å². The van der Waals surface area contributed by atoms with Gasteiger partial charge in [0, 0.05) is 25.5 Å². The van der Waals surface area contributed by atoms with Crippen LogP contribution < -0.4 is 11.1 Å². The number of thiocarbonyl (C=S) groups is 1. The van der Waals surface area contributed by atoms with Gasteiger partial charge in [0.25, 0.3) is 0 Å². The van der Waals surface area contributed by atoms with Crippen molar-refractivity contribution in [1.29, 1.82) is 0 Å². The summed E-state index contributed by atoms with van der Waals surface area (Å²) in [4.78, 5) is 3.93. The SMILES string of the molecule is Cc1nc(CCNc2c(F)cc(C(N)=S)cc2F)no1. The third kappa shape index (κ3) is 3.27. The molecule has 0 atom stereocenters. The minimum atomic E-state index is -0.753. The minimum Gasteiger partial charge on any atom is -0.389 e. The molecule has 0 amide bonds. The lowest BCUT2D eigenvalue weighted by Crippen LogP contribution is -2.13. The van der Waals surface area contributed by atoms with Crippen LogP contribution in [0.2, 0.25) is 0 Å². The molecule has 1 aromatic carbocycles. The number of benzene rings is 1. The third-order valence-corrected chi connectivity index (χ3v) is 2.78. The fraction of sp³-hybridized carbons (Fsp3) is 0.250. The standard InChI is InChI=1S/C12H12F2N4OS/c1-6-17-10(18-19-6)2-3-16-11-8(13)4-7(12(15)20)5-9(11)14/h4-5,16H,2-3H2,1H3,(H2,15,20). The Morgan fingerprint density at radius 1 is 1.40 bits per heavy atom. The van der Waals surface area contributed by atoms with Gasteiger partial charge in [-0.25, -0.2) is 8.78 Å². The Balaban J connectivity index is 2.04. The first-order valence-electron chi connectivity index (χ1n) is 5.79. The minimum absolute atomic E-state index is 0.0587. The van der Waals surface area contributed by atoms with Crippen LogP contribution in [0.3, 0.4) is 0 Å². The van der Waals surface area contributed by atoms with Gasteiger partial charge in [-0.1, -0.05) is 17.4 Å². The molecule has 0 spiro atoms. The van der Waals surface area contributed by atoms with Crippen molar-refractivity contribution in [3.05, 3.63) is 41.0 Å². The van der Waals surface area contributed by atoms with E-state index >= 15 is 0 Å². The molecular formula is C12H12F2N4OS. The second-order valence-corrected chi connectivity index (χ2v) is 4.53. The topological polar surface area (TPSA) is 77.0 Å². The molecule has 0 unspecified atom stereocenters. The van der Waals surface area contributed by atoms with Crippen LogP contribution in [-0.4, -0.2) is 21.7 Å². The van der Waals surface area contributed by atoms with Crippen molar-refractivity contribution in [3.8, 4) is 0 Å². The van der Waals surface area contributed by atoms with E-state index in [1.807, 2.05) is 0 Å². The van der Waals surface area contributed by atoms with Crippen molar-refractivity contribution in [2.24, 2.45) is 5.73 Å². The first-order valence-corrected chi connectivity index (χ1v) is 6.20. The molecule has 0 aliphatic rings. The molecule has 0 aliphatic carbocycles. The van der Waals surface area contributed by atoms with Crippen LogP contribution in [0.1, 0.15) is 17.3 Å². The molecule has 0 saturated carbocycles. The van der Waals surface area contributed by atoms with Crippen molar-refractivity contribution < 1.29 is 13.3 Å². The summed E-state index contributed by atoms with van der Waals surface area (Å²) in [7, 11) is 0. The monoisotopic (exact) mass is 298 g/mol. The summed E-state index contributed by atoms with van der Waals surface area (Å²) < 4.78 is 32.3. The van der Waals surface area contributed by atoms with Gasteiger partial charge < -0.3 is 15.6 Å². The van der Waals surface area contributed by atoms with E-state index in [4.69, 9.17) is 10.3 Å². The predicted molar refractivity (Wildman–Crippen MR) is 73.5 cm³/mol. The molecule has 8 heteroatoms. The van der Waals surface area contributed by atoms with Crippen LogP contribution in [0.4, 0.5) is 14.5 Å². The average molecular weight is 298 g/mol. The molecule has 2 aromatic rings. The largest absolute Gasteiger partial charge is 0.389 e. The molecule has 1 heterocycles. The number of rotatable bonds is 5. The summed E-state index contributed by atoms with van der Waals surface area (Å²) in [6, 6.07) is 2.18. The molecule has 3 N–H and O–H groups in total. The highest BCUT2D eigenvalue weighted by Gasteiger charge is 2.12. The summed E-state index contributed by atoms with van der Waals surface area (Å²) in [5.41, 5.74) is 5.25. The number of nitrogens with two attached hydrogens (primary N) is 1. The number of nitrogens with zero attached hydrogens (tertiary/aromatic N) is 2. The fourth-order valence-corrected chi connectivity index (χ4v) is 1.74. The maximum atomic E-state index is 13.7. The third-order valence-electron chi connectivity index (χ3n) is 2.55. The molecule has 0 aliphatic heterocycles. The molecular weight excluding hydrogens is 286 g/mol. The Hall–Kier alpha value is -2.09. The maximum absolute atomic E-state index is 13.7. The number of hydrogen-bond donors (Lipinski definition) is 2. The van der Waals surface area contributed by atoms with Gasteiger partial charge in [0.2, 0.25) is 5.89 Å². The molecule has 0 fully saturated rings. The molecule has 2 rings (SSSR count). The molecule has 106 valence electrons. The van der Waals surface area contributed by atoms with E-state index in [1.54, 1.807) is 6.92 Å². The highest BCUT2D eigenvalue weighted by Crippen LogP contribution is 2.20. The normalized spacial score (nSPS) is 10.6. The maximum Gasteiger partial charge on any atom is 0.223 e. The van der Waals surface area contributed by atoms with E-state index in [-0.39, 0.29) is 22.8 Å². The Bertz CT molecular complexity index is 621. The molecule has 0 saturated heterocycles. The van der Waals surface area contributed by atoms with Gasteiger partial charge >= 0.3 is 0 Å². The van der Waals surface area contributed by atoms with Gasteiger partial charge in [-0.05, 0) is 12.1 Å². The van der Waals surface area contributed by atoms with Gasteiger partial charge in [-0.15, -0.1) is 0 Å². The highest BCUT2D eigenvalue weighted by molar-refractivity contribution is 7.80. The zero-order valence-electron chi connectivity index (χ0n) is 10.6. The Morgan fingerprint density at radius 2 is 2.05 bits per heavy atom. The molecule has 1 aromatic heterocycles. The van der Waals surface area contributed by atoms with Crippen molar-refractivity contribution >= 4 is 22.9 Å².